The van der Waals surface area contributed by atoms with Crippen molar-refractivity contribution in [3.8, 4) is 0 Å². The number of carbonyl (C=O) groups is 1. The van der Waals surface area contributed by atoms with E-state index >= 15 is 0 Å². The van der Waals surface area contributed by atoms with Crippen molar-refractivity contribution in [1.29, 1.82) is 0 Å². The Labute approximate surface area is 182 Å². The van der Waals surface area contributed by atoms with Gasteiger partial charge in [0.25, 0.3) is 0 Å². The minimum Gasteiger partial charge on any atom is -0.354 e. The van der Waals surface area contributed by atoms with Crippen molar-refractivity contribution in [3.63, 3.8) is 0 Å². The zero-order valence-electron chi connectivity index (χ0n) is 18.2. The number of imidazole rings is 1. The molecule has 2 aromatic heterocycles. The first-order chi connectivity index (χ1) is 15.2. The Balaban J connectivity index is 1.35. The second-order valence-corrected chi connectivity index (χ2v) is 8.68. The molecule has 0 unspecified atom stereocenters. The summed E-state index contributed by atoms with van der Waals surface area (Å²) in [6.07, 6.45) is 9.09. The number of hydrogen-bond donors (Lipinski definition) is 1. The predicted molar refractivity (Wildman–Crippen MR) is 122 cm³/mol. The number of amides is 1. The minimum absolute atomic E-state index is 0.0648. The van der Waals surface area contributed by atoms with Crippen molar-refractivity contribution < 1.29 is 4.79 Å². The maximum atomic E-state index is 13.0. The van der Waals surface area contributed by atoms with Crippen LogP contribution in [0.1, 0.15) is 50.4 Å². The lowest BCUT2D eigenvalue weighted by atomic mass is 9.97. The van der Waals surface area contributed by atoms with Crippen molar-refractivity contribution in [2.75, 3.05) is 23.3 Å². The standard InChI is InChI=1S/C24H30N6O/c1-2-17-9-11-19(12-10-17)27-24(31)18-7-6-13-29(15-18)22-21-23(26-16-25-22)30-14-5-3-4-8-20(30)28-21/h9-12,16,18H,2-8,13-15H2,1H3,(H,27,31)/t18-/m1/s1. The first-order valence-corrected chi connectivity index (χ1v) is 11.6. The fourth-order valence-electron chi connectivity index (χ4n) is 4.81. The Hall–Kier alpha value is -2.96. The fourth-order valence-corrected chi connectivity index (χ4v) is 4.81. The lowest BCUT2D eigenvalue weighted by molar-refractivity contribution is -0.120. The van der Waals surface area contributed by atoms with Gasteiger partial charge in [-0.15, -0.1) is 0 Å². The molecule has 31 heavy (non-hydrogen) atoms. The topological polar surface area (TPSA) is 75.9 Å². The maximum absolute atomic E-state index is 13.0. The number of hydrogen-bond acceptors (Lipinski definition) is 5. The van der Waals surface area contributed by atoms with Crippen LogP contribution < -0.4 is 10.2 Å². The van der Waals surface area contributed by atoms with Gasteiger partial charge in [-0.3, -0.25) is 4.79 Å². The molecule has 1 fully saturated rings. The Kier molecular flexibility index (Phi) is 5.57. The number of piperidine rings is 1. The molecule has 0 aliphatic carbocycles. The van der Waals surface area contributed by atoms with Gasteiger partial charge >= 0.3 is 0 Å². The van der Waals surface area contributed by atoms with E-state index in [2.05, 4.69) is 43.8 Å². The molecule has 1 atom stereocenters. The van der Waals surface area contributed by atoms with E-state index in [1.54, 1.807) is 6.33 Å². The zero-order valence-corrected chi connectivity index (χ0v) is 18.2. The Bertz CT molecular complexity index is 1070. The lowest BCUT2D eigenvalue weighted by Gasteiger charge is -2.32. The van der Waals surface area contributed by atoms with Crippen molar-refractivity contribution in [1.82, 2.24) is 19.5 Å². The van der Waals surface area contributed by atoms with E-state index in [-0.39, 0.29) is 11.8 Å². The minimum atomic E-state index is -0.0648. The van der Waals surface area contributed by atoms with E-state index in [9.17, 15) is 4.79 Å². The van der Waals surface area contributed by atoms with Crippen molar-refractivity contribution in [2.24, 2.45) is 5.92 Å². The van der Waals surface area contributed by atoms with Crippen LogP contribution in [-0.2, 0) is 24.2 Å². The van der Waals surface area contributed by atoms with Gasteiger partial charge in [-0.05, 0) is 49.8 Å². The van der Waals surface area contributed by atoms with Gasteiger partial charge in [-0.2, -0.15) is 0 Å². The third kappa shape index (κ3) is 4.01. The smallest absolute Gasteiger partial charge is 0.229 e. The van der Waals surface area contributed by atoms with Crippen LogP contribution in [0.15, 0.2) is 30.6 Å². The summed E-state index contributed by atoms with van der Waals surface area (Å²) in [5, 5.41) is 3.10. The number of carbonyl (C=O) groups excluding carboxylic acids is 1. The summed E-state index contributed by atoms with van der Waals surface area (Å²) >= 11 is 0. The Morgan fingerprint density at radius 3 is 2.81 bits per heavy atom. The van der Waals surface area contributed by atoms with Gasteiger partial charge in [0.15, 0.2) is 17.0 Å². The number of aromatic nitrogens is 4. The number of nitrogens with one attached hydrogen (secondary N) is 1. The molecule has 162 valence electrons. The molecule has 0 bridgehead atoms. The van der Waals surface area contributed by atoms with Crippen LogP contribution in [0.2, 0.25) is 0 Å². The van der Waals surface area contributed by atoms with E-state index in [1.165, 1.54) is 24.8 Å². The average Bonchev–Trinajstić information content (AvgIpc) is 3.00. The van der Waals surface area contributed by atoms with Crippen LogP contribution >= 0.6 is 0 Å². The van der Waals surface area contributed by atoms with Crippen LogP contribution in [0.3, 0.4) is 0 Å². The molecule has 0 spiro atoms. The van der Waals surface area contributed by atoms with Gasteiger partial charge in [-0.25, -0.2) is 15.0 Å². The van der Waals surface area contributed by atoms with Gasteiger partial charge in [-0.1, -0.05) is 25.5 Å². The van der Waals surface area contributed by atoms with Gasteiger partial charge < -0.3 is 14.8 Å². The third-order valence-corrected chi connectivity index (χ3v) is 6.60. The second-order valence-electron chi connectivity index (χ2n) is 8.68. The largest absolute Gasteiger partial charge is 0.354 e. The fraction of sp³-hybridized carbons (Fsp3) is 0.500. The highest BCUT2D eigenvalue weighted by Crippen LogP contribution is 2.29. The molecular formula is C24H30N6O. The van der Waals surface area contributed by atoms with Crippen LogP contribution in [-0.4, -0.2) is 38.5 Å². The summed E-state index contributed by atoms with van der Waals surface area (Å²) < 4.78 is 2.27. The third-order valence-electron chi connectivity index (χ3n) is 6.60. The number of anilines is 2. The van der Waals surface area contributed by atoms with Crippen molar-refractivity contribution in [2.45, 2.75) is 58.4 Å². The number of fused-ring (bicyclic) bond motifs is 3. The first kappa shape index (κ1) is 20.0. The number of rotatable bonds is 4. The average molecular weight is 419 g/mol. The lowest BCUT2D eigenvalue weighted by Crippen LogP contribution is -2.41. The number of nitrogens with zero attached hydrogens (tertiary/aromatic N) is 5. The Morgan fingerprint density at radius 1 is 1.10 bits per heavy atom. The molecule has 4 heterocycles. The summed E-state index contributed by atoms with van der Waals surface area (Å²) in [7, 11) is 0. The molecule has 7 nitrogen and oxygen atoms in total. The highest BCUT2D eigenvalue weighted by Gasteiger charge is 2.29. The molecule has 0 radical (unpaired) electrons. The highest BCUT2D eigenvalue weighted by molar-refractivity contribution is 5.93. The van der Waals surface area contributed by atoms with Crippen LogP contribution in [0.25, 0.3) is 11.2 Å². The van der Waals surface area contributed by atoms with Gasteiger partial charge in [0.1, 0.15) is 12.2 Å². The summed E-state index contributed by atoms with van der Waals surface area (Å²) in [4.78, 5) is 29.3. The second kappa shape index (κ2) is 8.65. The quantitative estimate of drug-likeness (QED) is 0.694. The summed E-state index contributed by atoms with van der Waals surface area (Å²) in [5.74, 6) is 2.01. The molecule has 1 N–H and O–H groups in total. The van der Waals surface area contributed by atoms with Gasteiger partial charge in [0, 0.05) is 31.7 Å². The maximum Gasteiger partial charge on any atom is 0.229 e. The first-order valence-electron chi connectivity index (χ1n) is 11.6. The molecular weight excluding hydrogens is 388 g/mol. The normalized spacial score (nSPS) is 19.1. The zero-order chi connectivity index (χ0) is 21.2. The van der Waals surface area contributed by atoms with Crippen molar-refractivity contribution >= 4 is 28.6 Å². The summed E-state index contributed by atoms with van der Waals surface area (Å²) in [5.41, 5.74) is 3.95. The molecule has 2 aliphatic heterocycles. The molecule has 1 aromatic carbocycles. The predicted octanol–water partition coefficient (Wildman–Crippen LogP) is 3.97. The van der Waals surface area contributed by atoms with Gasteiger partial charge in [0.05, 0.1) is 5.92 Å². The van der Waals surface area contributed by atoms with Crippen molar-refractivity contribution in [3.05, 3.63) is 42.0 Å². The molecule has 2 aliphatic rings. The summed E-state index contributed by atoms with van der Waals surface area (Å²) in [6.45, 7) is 4.66. The van der Waals surface area contributed by atoms with E-state index < -0.39 is 0 Å². The molecule has 3 aromatic rings. The van der Waals surface area contributed by atoms with Crippen LogP contribution in [0.5, 0.6) is 0 Å². The molecule has 1 amide bonds. The van der Waals surface area contributed by atoms with Crippen LogP contribution in [0.4, 0.5) is 11.5 Å². The summed E-state index contributed by atoms with van der Waals surface area (Å²) in [6, 6.07) is 8.12. The molecule has 7 heteroatoms. The molecule has 5 rings (SSSR count). The monoisotopic (exact) mass is 418 g/mol. The molecule has 1 saturated heterocycles. The highest BCUT2D eigenvalue weighted by atomic mass is 16.1. The van der Waals surface area contributed by atoms with Crippen LogP contribution in [0, 0.1) is 5.92 Å². The SMILES string of the molecule is CCc1ccc(NC(=O)[C@@H]2CCCN(c3ncnc4c3nc3n4CCCCC3)C2)cc1. The number of benzene rings is 1. The molecule has 0 saturated carbocycles. The van der Waals surface area contributed by atoms with E-state index in [1.807, 2.05) is 12.1 Å². The Morgan fingerprint density at radius 2 is 1.97 bits per heavy atom. The van der Waals surface area contributed by atoms with E-state index in [4.69, 9.17) is 4.98 Å². The number of aryl methyl sites for hydroxylation is 3. The van der Waals surface area contributed by atoms with Gasteiger partial charge in [0.2, 0.25) is 5.91 Å². The van der Waals surface area contributed by atoms with E-state index in [0.29, 0.717) is 6.54 Å². The van der Waals surface area contributed by atoms with E-state index in [0.717, 1.165) is 67.3 Å².